The summed E-state index contributed by atoms with van der Waals surface area (Å²) >= 11 is 3.38. The van der Waals surface area contributed by atoms with Crippen LogP contribution in [0, 0.1) is 0 Å². The Kier molecular flexibility index (Phi) is 5.67. The SMILES string of the molecule is NNC(Cc1ccc(Br)cc1)c1cccc(OC(F)F)c1. The van der Waals surface area contributed by atoms with Crippen LogP contribution < -0.4 is 16.0 Å². The number of nitrogens with two attached hydrogens (primary N) is 1. The van der Waals surface area contributed by atoms with Gasteiger partial charge in [-0.2, -0.15) is 8.78 Å². The maximum atomic E-state index is 12.3. The van der Waals surface area contributed by atoms with E-state index in [-0.39, 0.29) is 11.8 Å². The molecule has 0 saturated heterocycles. The largest absolute Gasteiger partial charge is 0.435 e. The van der Waals surface area contributed by atoms with Crippen LogP contribution in [-0.4, -0.2) is 6.61 Å². The van der Waals surface area contributed by atoms with Gasteiger partial charge in [-0.3, -0.25) is 11.3 Å². The fraction of sp³-hybridized carbons (Fsp3) is 0.200. The zero-order valence-electron chi connectivity index (χ0n) is 11.1. The third-order valence-electron chi connectivity index (χ3n) is 3.04. The average molecular weight is 357 g/mol. The normalized spacial score (nSPS) is 12.4. The molecule has 0 amide bonds. The minimum absolute atomic E-state index is 0.124. The molecule has 0 heterocycles. The number of nitrogens with one attached hydrogen (secondary N) is 1. The van der Waals surface area contributed by atoms with Crippen molar-refractivity contribution in [2.24, 2.45) is 5.84 Å². The molecule has 1 atom stereocenters. The van der Waals surface area contributed by atoms with Crippen molar-refractivity contribution in [2.45, 2.75) is 19.1 Å². The molecule has 112 valence electrons. The molecule has 21 heavy (non-hydrogen) atoms. The average Bonchev–Trinajstić information content (AvgIpc) is 2.46. The van der Waals surface area contributed by atoms with Crippen LogP contribution >= 0.6 is 15.9 Å². The van der Waals surface area contributed by atoms with E-state index in [0.717, 1.165) is 15.6 Å². The van der Waals surface area contributed by atoms with E-state index in [2.05, 4.69) is 26.1 Å². The monoisotopic (exact) mass is 356 g/mol. The highest BCUT2D eigenvalue weighted by atomic mass is 79.9. The van der Waals surface area contributed by atoms with Gasteiger partial charge in [0.05, 0.1) is 6.04 Å². The lowest BCUT2D eigenvalue weighted by Crippen LogP contribution is -2.29. The van der Waals surface area contributed by atoms with Crippen molar-refractivity contribution in [3.63, 3.8) is 0 Å². The van der Waals surface area contributed by atoms with Gasteiger partial charge < -0.3 is 4.74 Å². The summed E-state index contributed by atoms with van der Waals surface area (Å²) in [4.78, 5) is 0. The van der Waals surface area contributed by atoms with Crippen LogP contribution in [0.3, 0.4) is 0 Å². The van der Waals surface area contributed by atoms with Gasteiger partial charge in [-0.25, -0.2) is 0 Å². The second-order valence-electron chi connectivity index (χ2n) is 4.50. The van der Waals surface area contributed by atoms with Crippen LogP contribution in [0.25, 0.3) is 0 Å². The zero-order valence-corrected chi connectivity index (χ0v) is 12.7. The van der Waals surface area contributed by atoms with Crippen molar-refractivity contribution in [3.8, 4) is 5.75 Å². The van der Waals surface area contributed by atoms with Gasteiger partial charge >= 0.3 is 6.61 Å². The molecular weight excluding hydrogens is 342 g/mol. The number of alkyl halides is 2. The molecule has 0 aliphatic rings. The van der Waals surface area contributed by atoms with Crippen molar-refractivity contribution in [2.75, 3.05) is 0 Å². The Morgan fingerprint density at radius 1 is 1.14 bits per heavy atom. The maximum absolute atomic E-state index is 12.3. The van der Waals surface area contributed by atoms with Crippen LogP contribution in [-0.2, 0) is 6.42 Å². The second-order valence-corrected chi connectivity index (χ2v) is 5.42. The molecule has 2 rings (SSSR count). The topological polar surface area (TPSA) is 47.3 Å². The summed E-state index contributed by atoms with van der Waals surface area (Å²) in [5.74, 6) is 5.71. The van der Waals surface area contributed by atoms with E-state index in [1.165, 1.54) is 6.07 Å². The molecule has 0 aliphatic heterocycles. The molecule has 1 unspecified atom stereocenters. The third-order valence-corrected chi connectivity index (χ3v) is 3.57. The van der Waals surface area contributed by atoms with Gasteiger partial charge in [-0.15, -0.1) is 0 Å². The number of halogens is 3. The first kappa shape index (κ1) is 15.9. The van der Waals surface area contributed by atoms with E-state index < -0.39 is 6.61 Å². The van der Waals surface area contributed by atoms with Crippen LogP contribution in [0.15, 0.2) is 53.0 Å². The first-order valence-electron chi connectivity index (χ1n) is 6.34. The Morgan fingerprint density at radius 3 is 2.48 bits per heavy atom. The molecule has 0 bridgehead atoms. The Balaban J connectivity index is 2.15. The van der Waals surface area contributed by atoms with Crippen molar-refractivity contribution in [3.05, 3.63) is 64.1 Å². The molecule has 2 aromatic rings. The summed E-state index contributed by atoms with van der Waals surface area (Å²) in [6, 6.07) is 14.2. The lowest BCUT2D eigenvalue weighted by Gasteiger charge is -2.17. The van der Waals surface area contributed by atoms with Gasteiger partial charge in [-0.1, -0.05) is 40.2 Å². The van der Waals surface area contributed by atoms with E-state index in [9.17, 15) is 8.78 Å². The van der Waals surface area contributed by atoms with Gasteiger partial charge in [0.15, 0.2) is 0 Å². The number of benzene rings is 2. The summed E-state index contributed by atoms with van der Waals surface area (Å²) < 4.78 is 29.9. The number of ether oxygens (including phenoxy) is 1. The lowest BCUT2D eigenvalue weighted by molar-refractivity contribution is -0.0499. The molecule has 0 spiro atoms. The quantitative estimate of drug-likeness (QED) is 0.611. The zero-order chi connectivity index (χ0) is 15.2. The van der Waals surface area contributed by atoms with Gasteiger partial charge in [0.2, 0.25) is 0 Å². The van der Waals surface area contributed by atoms with E-state index in [1.807, 2.05) is 30.3 Å². The Labute approximate surface area is 130 Å². The Hall–Kier alpha value is -1.50. The predicted octanol–water partition coefficient (Wildman–Crippen LogP) is 3.80. The fourth-order valence-corrected chi connectivity index (χ4v) is 2.30. The fourth-order valence-electron chi connectivity index (χ4n) is 2.04. The van der Waals surface area contributed by atoms with E-state index >= 15 is 0 Å². The molecule has 3 N–H and O–H groups in total. The van der Waals surface area contributed by atoms with Crippen molar-refractivity contribution in [1.82, 2.24) is 5.43 Å². The second kappa shape index (κ2) is 7.49. The minimum atomic E-state index is -2.84. The third kappa shape index (κ3) is 4.77. The van der Waals surface area contributed by atoms with E-state index in [1.54, 1.807) is 12.1 Å². The summed E-state index contributed by atoms with van der Waals surface area (Å²) in [6.07, 6.45) is 0.641. The first-order valence-corrected chi connectivity index (χ1v) is 7.13. The van der Waals surface area contributed by atoms with E-state index in [4.69, 9.17) is 5.84 Å². The van der Waals surface area contributed by atoms with Gasteiger partial charge in [0.1, 0.15) is 5.75 Å². The molecule has 2 aromatic carbocycles. The van der Waals surface area contributed by atoms with Gasteiger partial charge in [0, 0.05) is 4.47 Å². The van der Waals surface area contributed by atoms with Gasteiger partial charge in [-0.05, 0) is 41.8 Å². The summed E-state index contributed by atoms with van der Waals surface area (Å²) in [6.45, 7) is -2.84. The van der Waals surface area contributed by atoms with Crippen molar-refractivity contribution >= 4 is 15.9 Å². The standard InChI is InChI=1S/C15H15BrF2N2O/c16-12-6-4-10(5-7-12)8-14(20-19)11-2-1-3-13(9-11)21-15(17)18/h1-7,9,14-15,20H,8,19H2. The summed E-state index contributed by atoms with van der Waals surface area (Å²) in [7, 11) is 0. The van der Waals surface area contributed by atoms with E-state index in [0.29, 0.717) is 6.42 Å². The molecule has 6 heteroatoms. The lowest BCUT2D eigenvalue weighted by atomic mass is 9.99. The first-order chi connectivity index (χ1) is 10.1. The Morgan fingerprint density at radius 2 is 1.86 bits per heavy atom. The van der Waals surface area contributed by atoms with Crippen molar-refractivity contribution < 1.29 is 13.5 Å². The minimum Gasteiger partial charge on any atom is -0.435 e. The predicted molar refractivity (Wildman–Crippen MR) is 81.0 cm³/mol. The summed E-state index contributed by atoms with van der Waals surface area (Å²) in [5.41, 5.74) is 4.58. The van der Waals surface area contributed by atoms with Crippen molar-refractivity contribution in [1.29, 1.82) is 0 Å². The smallest absolute Gasteiger partial charge is 0.387 e. The molecular formula is C15H15BrF2N2O. The summed E-state index contributed by atoms with van der Waals surface area (Å²) in [5, 5.41) is 0. The highest BCUT2D eigenvalue weighted by molar-refractivity contribution is 9.10. The molecule has 0 fully saturated rings. The Bertz CT molecular complexity index is 578. The highest BCUT2D eigenvalue weighted by Crippen LogP contribution is 2.23. The highest BCUT2D eigenvalue weighted by Gasteiger charge is 2.13. The molecule has 0 aliphatic carbocycles. The van der Waals surface area contributed by atoms with Gasteiger partial charge in [0.25, 0.3) is 0 Å². The van der Waals surface area contributed by atoms with Crippen LogP contribution in [0.4, 0.5) is 8.78 Å². The maximum Gasteiger partial charge on any atom is 0.387 e. The van der Waals surface area contributed by atoms with Crippen LogP contribution in [0.5, 0.6) is 5.75 Å². The number of hydrogen-bond donors (Lipinski definition) is 2. The number of rotatable bonds is 6. The molecule has 0 radical (unpaired) electrons. The number of hydrazine groups is 1. The molecule has 0 aromatic heterocycles. The van der Waals surface area contributed by atoms with Crippen LogP contribution in [0.2, 0.25) is 0 Å². The molecule has 3 nitrogen and oxygen atoms in total. The molecule has 0 saturated carbocycles. The number of hydrogen-bond acceptors (Lipinski definition) is 3. The van der Waals surface area contributed by atoms with Crippen LogP contribution in [0.1, 0.15) is 17.2 Å².